The molecule has 0 saturated carbocycles. The Kier molecular flexibility index (Phi) is 2.40. The van der Waals surface area contributed by atoms with E-state index in [1.54, 1.807) is 0 Å². The van der Waals surface area contributed by atoms with Crippen LogP contribution in [0.25, 0.3) is 0 Å². The smallest absolute Gasteiger partial charge is 0.399 e. The van der Waals surface area contributed by atoms with Gasteiger partial charge in [0.25, 0.3) is 0 Å². The molecule has 0 N–H and O–H groups in total. The van der Waals surface area contributed by atoms with Crippen molar-refractivity contribution in [2.75, 3.05) is 0 Å². The number of benzene rings is 1. The topological polar surface area (TPSA) is 18.5 Å². The van der Waals surface area contributed by atoms with E-state index in [1.165, 1.54) is 0 Å². The molecule has 2 rings (SSSR count). The second-order valence-corrected chi connectivity index (χ2v) is 4.92. The molecule has 1 heterocycles. The minimum atomic E-state index is -0.267. The van der Waals surface area contributed by atoms with Gasteiger partial charge in [0.15, 0.2) is 0 Å². The van der Waals surface area contributed by atoms with E-state index in [-0.39, 0.29) is 18.3 Å². The second kappa shape index (κ2) is 3.36. The van der Waals surface area contributed by atoms with Crippen molar-refractivity contribution in [2.45, 2.75) is 38.9 Å². The SMILES string of the molecule is CC1(C)OB(c2cc[c]cc2)OC1(C)C. The average molecular weight is 203 g/mol. The summed E-state index contributed by atoms with van der Waals surface area (Å²) >= 11 is 0. The standard InChI is InChI=1S/C12H16BO2/c1-11(2)12(3,4)15-13(14-11)10-8-6-5-7-9-10/h6-9H,1-4H3. The van der Waals surface area contributed by atoms with Crippen LogP contribution in [0.1, 0.15) is 27.7 Å². The number of hydrogen-bond donors (Lipinski definition) is 0. The van der Waals surface area contributed by atoms with Gasteiger partial charge in [0.05, 0.1) is 11.2 Å². The van der Waals surface area contributed by atoms with Gasteiger partial charge in [0, 0.05) is 0 Å². The van der Waals surface area contributed by atoms with Crippen LogP contribution in [0.3, 0.4) is 0 Å². The van der Waals surface area contributed by atoms with Crippen LogP contribution in [0, 0.1) is 6.07 Å². The van der Waals surface area contributed by atoms with E-state index < -0.39 is 0 Å². The van der Waals surface area contributed by atoms with Crippen LogP contribution in [-0.4, -0.2) is 18.3 Å². The summed E-state index contributed by atoms with van der Waals surface area (Å²) in [5.74, 6) is 0. The summed E-state index contributed by atoms with van der Waals surface area (Å²) in [5.41, 5.74) is 0.515. The van der Waals surface area contributed by atoms with Crippen LogP contribution >= 0.6 is 0 Å². The molecule has 0 bridgehead atoms. The zero-order valence-corrected chi connectivity index (χ0v) is 9.70. The molecular weight excluding hydrogens is 187 g/mol. The summed E-state index contributed by atoms with van der Waals surface area (Å²) in [5, 5.41) is 0. The van der Waals surface area contributed by atoms with E-state index in [9.17, 15) is 0 Å². The summed E-state index contributed by atoms with van der Waals surface area (Å²) < 4.78 is 11.8. The summed E-state index contributed by atoms with van der Waals surface area (Å²) in [6.45, 7) is 8.23. The molecule has 2 nitrogen and oxygen atoms in total. The Morgan fingerprint density at radius 3 is 1.93 bits per heavy atom. The maximum atomic E-state index is 5.91. The third kappa shape index (κ3) is 1.82. The fourth-order valence-corrected chi connectivity index (χ4v) is 1.54. The average Bonchev–Trinajstić information content (AvgIpc) is 2.38. The highest BCUT2D eigenvalue weighted by molar-refractivity contribution is 6.62. The lowest BCUT2D eigenvalue weighted by Crippen LogP contribution is -2.41. The molecule has 1 radical (unpaired) electrons. The van der Waals surface area contributed by atoms with Crippen LogP contribution < -0.4 is 5.46 Å². The van der Waals surface area contributed by atoms with Crippen molar-refractivity contribution in [1.29, 1.82) is 0 Å². The maximum absolute atomic E-state index is 5.91. The first kappa shape index (κ1) is 10.7. The largest absolute Gasteiger partial charge is 0.494 e. The summed E-state index contributed by atoms with van der Waals surface area (Å²) in [7, 11) is -0.260. The van der Waals surface area contributed by atoms with Gasteiger partial charge < -0.3 is 9.31 Å². The van der Waals surface area contributed by atoms with Crippen LogP contribution in [0.15, 0.2) is 24.3 Å². The van der Waals surface area contributed by atoms with Crippen LogP contribution in [0.4, 0.5) is 0 Å². The Morgan fingerprint density at radius 1 is 1.00 bits per heavy atom. The van der Waals surface area contributed by atoms with E-state index in [0.717, 1.165) is 5.46 Å². The fourth-order valence-electron chi connectivity index (χ4n) is 1.54. The fraction of sp³-hybridized carbons (Fsp3) is 0.500. The Labute approximate surface area is 91.7 Å². The van der Waals surface area contributed by atoms with E-state index in [2.05, 4.69) is 33.8 Å². The Hall–Kier alpha value is -0.795. The molecule has 0 atom stereocenters. The normalized spacial score (nSPS) is 23.1. The summed E-state index contributed by atoms with van der Waals surface area (Å²) in [6, 6.07) is 10.7. The minimum absolute atomic E-state index is 0.260. The van der Waals surface area contributed by atoms with Gasteiger partial charge in [-0.15, -0.1) is 0 Å². The van der Waals surface area contributed by atoms with Gasteiger partial charge in [-0.3, -0.25) is 0 Å². The molecule has 0 spiro atoms. The first-order valence-electron chi connectivity index (χ1n) is 5.24. The van der Waals surface area contributed by atoms with E-state index in [4.69, 9.17) is 9.31 Å². The molecule has 0 unspecified atom stereocenters. The van der Waals surface area contributed by atoms with Gasteiger partial charge in [-0.2, -0.15) is 0 Å². The lowest BCUT2D eigenvalue weighted by atomic mass is 9.79. The molecule has 15 heavy (non-hydrogen) atoms. The Balaban J connectivity index is 2.24. The quantitative estimate of drug-likeness (QED) is 0.647. The molecule has 1 saturated heterocycles. The molecule has 1 fully saturated rings. The van der Waals surface area contributed by atoms with E-state index in [1.807, 2.05) is 24.3 Å². The van der Waals surface area contributed by atoms with Gasteiger partial charge >= 0.3 is 7.12 Å². The van der Waals surface area contributed by atoms with Crippen molar-refractivity contribution in [2.24, 2.45) is 0 Å². The first-order chi connectivity index (χ1) is 6.92. The predicted molar refractivity (Wildman–Crippen MR) is 61.0 cm³/mol. The lowest BCUT2D eigenvalue weighted by Gasteiger charge is -2.32. The van der Waals surface area contributed by atoms with Crippen molar-refractivity contribution in [3.8, 4) is 0 Å². The van der Waals surface area contributed by atoms with Gasteiger partial charge in [0.1, 0.15) is 0 Å². The Bertz CT molecular complexity index is 330. The third-order valence-electron chi connectivity index (χ3n) is 3.27. The van der Waals surface area contributed by atoms with Crippen molar-refractivity contribution >= 4 is 12.6 Å². The lowest BCUT2D eigenvalue weighted by molar-refractivity contribution is 0.00578. The maximum Gasteiger partial charge on any atom is 0.494 e. The molecule has 1 aromatic rings. The van der Waals surface area contributed by atoms with Crippen molar-refractivity contribution in [1.82, 2.24) is 0 Å². The highest BCUT2D eigenvalue weighted by atomic mass is 16.7. The minimum Gasteiger partial charge on any atom is -0.399 e. The van der Waals surface area contributed by atoms with Gasteiger partial charge in [0.2, 0.25) is 0 Å². The zero-order chi connectivity index (χ0) is 11.1. The predicted octanol–water partition coefficient (Wildman–Crippen LogP) is 1.79. The third-order valence-corrected chi connectivity index (χ3v) is 3.27. The highest BCUT2D eigenvalue weighted by Crippen LogP contribution is 2.36. The van der Waals surface area contributed by atoms with Crippen molar-refractivity contribution in [3.05, 3.63) is 30.3 Å². The van der Waals surface area contributed by atoms with Gasteiger partial charge in [-0.1, -0.05) is 24.3 Å². The van der Waals surface area contributed by atoms with Crippen molar-refractivity contribution in [3.63, 3.8) is 0 Å². The van der Waals surface area contributed by atoms with Crippen molar-refractivity contribution < 1.29 is 9.31 Å². The highest BCUT2D eigenvalue weighted by Gasteiger charge is 2.51. The molecule has 79 valence electrons. The number of hydrogen-bond acceptors (Lipinski definition) is 2. The van der Waals surface area contributed by atoms with Crippen LogP contribution in [0.2, 0.25) is 0 Å². The Morgan fingerprint density at radius 2 is 1.47 bits per heavy atom. The van der Waals surface area contributed by atoms with Gasteiger partial charge in [-0.25, -0.2) is 0 Å². The molecule has 0 aliphatic carbocycles. The van der Waals surface area contributed by atoms with E-state index in [0.29, 0.717) is 0 Å². The molecule has 1 aliphatic heterocycles. The molecule has 1 aliphatic rings. The summed E-state index contributed by atoms with van der Waals surface area (Å²) in [6.07, 6.45) is 0. The molecule has 1 aromatic carbocycles. The zero-order valence-electron chi connectivity index (χ0n) is 9.70. The summed E-state index contributed by atoms with van der Waals surface area (Å²) in [4.78, 5) is 0. The molecule has 0 aromatic heterocycles. The van der Waals surface area contributed by atoms with Crippen LogP contribution in [0.5, 0.6) is 0 Å². The molecular formula is C12H16BO2. The second-order valence-electron chi connectivity index (χ2n) is 4.92. The first-order valence-corrected chi connectivity index (χ1v) is 5.24. The number of rotatable bonds is 1. The van der Waals surface area contributed by atoms with E-state index >= 15 is 0 Å². The molecule has 3 heteroatoms. The van der Waals surface area contributed by atoms with Crippen LogP contribution in [-0.2, 0) is 9.31 Å². The van der Waals surface area contributed by atoms with Gasteiger partial charge in [-0.05, 0) is 39.2 Å². The monoisotopic (exact) mass is 203 g/mol. The molecule has 0 amide bonds.